The minimum Gasteiger partial charge on any atom is -0.480 e. The van der Waals surface area contributed by atoms with Crippen molar-refractivity contribution in [3.05, 3.63) is 36.5 Å². The first-order valence-electron chi connectivity index (χ1n) is 6.11. The monoisotopic (exact) mass is 273 g/mol. The molecule has 6 heteroatoms. The summed E-state index contributed by atoms with van der Waals surface area (Å²) in [7, 11) is 1.44. The lowest BCUT2D eigenvalue weighted by Crippen LogP contribution is -2.42. The first kappa shape index (κ1) is 13.8. The molecule has 0 radical (unpaired) electrons. The summed E-state index contributed by atoms with van der Waals surface area (Å²) in [6.07, 6.45) is 1.64. The average Bonchev–Trinajstić information content (AvgIpc) is 2.46. The molecular formula is C14H15N3O3. The van der Waals surface area contributed by atoms with Crippen molar-refractivity contribution in [3.8, 4) is 0 Å². The number of aliphatic carboxylic acids is 1. The summed E-state index contributed by atoms with van der Waals surface area (Å²) in [5.41, 5.74) is 1.22. The molecule has 2 N–H and O–H groups in total. The molecule has 2 aromatic rings. The maximum Gasteiger partial charge on any atom is 0.326 e. The topological polar surface area (TPSA) is 82.5 Å². The van der Waals surface area contributed by atoms with E-state index in [9.17, 15) is 9.59 Å². The zero-order valence-corrected chi connectivity index (χ0v) is 11.2. The molecule has 2 rings (SSSR count). The van der Waals surface area contributed by atoms with E-state index in [2.05, 4.69) is 10.3 Å². The van der Waals surface area contributed by atoms with E-state index in [1.54, 1.807) is 18.3 Å². The number of likely N-dealkylation sites (N-methyl/N-ethyl adjacent to an activating group) is 1. The molecule has 0 fully saturated rings. The van der Waals surface area contributed by atoms with Crippen LogP contribution in [0.15, 0.2) is 36.5 Å². The van der Waals surface area contributed by atoms with Crippen LogP contribution in [0.1, 0.15) is 6.92 Å². The fourth-order valence-corrected chi connectivity index (χ4v) is 1.75. The van der Waals surface area contributed by atoms with E-state index in [1.165, 1.54) is 14.0 Å². The third kappa shape index (κ3) is 2.69. The number of rotatable bonds is 3. The Balaban J connectivity index is 2.24. The van der Waals surface area contributed by atoms with Crippen LogP contribution in [-0.2, 0) is 4.79 Å². The molecule has 1 aromatic heterocycles. The van der Waals surface area contributed by atoms with E-state index in [0.717, 1.165) is 10.3 Å². The number of nitrogens with one attached hydrogen (secondary N) is 1. The van der Waals surface area contributed by atoms with Gasteiger partial charge in [0.2, 0.25) is 0 Å². The summed E-state index contributed by atoms with van der Waals surface area (Å²) in [6.45, 7) is 1.45. The highest BCUT2D eigenvalue weighted by molar-refractivity contribution is 6.00. The van der Waals surface area contributed by atoms with Crippen LogP contribution in [0.5, 0.6) is 0 Å². The number of carboxylic acid groups (broad SMARTS) is 1. The highest BCUT2D eigenvalue weighted by Gasteiger charge is 2.22. The third-order valence-electron chi connectivity index (χ3n) is 3.13. The SMILES string of the molecule is CC(C(=O)O)N(C)C(=O)Nc1cccc2cccnc12. The number of amides is 2. The van der Waals surface area contributed by atoms with Gasteiger partial charge in [0.15, 0.2) is 0 Å². The van der Waals surface area contributed by atoms with Gasteiger partial charge >= 0.3 is 12.0 Å². The fraction of sp³-hybridized carbons (Fsp3) is 0.214. The van der Waals surface area contributed by atoms with Crippen LogP contribution >= 0.6 is 0 Å². The van der Waals surface area contributed by atoms with Gasteiger partial charge in [-0.2, -0.15) is 0 Å². The number of para-hydroxylation sites is 1. The lowest BCUT2D eigenvalue weighted by atomic mass is 10.2. The largest absolute Gasteiger partial charge is 0.480 e. The van der Waals surface area contributed by atoms with E-state index in [1.807, 2.05) is 18.2 Å². The maximum absolute atomic E-state index is 12.0. The molecule has 20 heavy (non-hydrogen) atoms. The molecule has 0 aliphatic rings. The number of aromatic nitrogens is 1. The average molecular weight is 273 g/mol. The van der Waals surface area contributed by atoms with Crippen LogP contribution in [0.2, 0.25) is 0 Å². The van der Waals surface area contributed by atoms with Gasteiger partial charge in [0.05, 0.1) is 11.2 Å². The van der Waals surface area contributed by atoms with Crippen molar-refractivity contribution in [3.63, 3.8) is 0 Å². The molecule has 0 spiro atoms. The van der Waals surface area contributed by atoms with E-state index in [4.69, 9.17) is 5.11 Å². The smallest absolute Gasteiger partial charge is 0.326 e. The third-order valence-corrected chi connectivity index (χ3v) is 3.13. The second kappa shape index (κ2) is 5.56. The second-order valence-corrected chi connectivity index (χ2v) is 4.44. The Morgan fingerprint density at radius 1 is 1.30 bits per heavy atom. The molecule has 1 unspecified atom stereocenters. The predicted octanol–water partition coefficient (Wildman–Crippen LogP) is 2.17. The van der Waals surface area contributed by atoms with E-state index >= 15 is 0 Å². The molecule has 6 nitrogen and oxygen atoms in total. The van der Waals surface area contributed by atoms with E-state index < -0.39 is 18.0 Å². The Labute approximate surface area is 116 Å². The summed E-state index contributed by atoms with van der Waals surface area (Å²) in [6, 6.07) is 7.73. The van der Waals surface area contributed by atoms with Crippen LogP contribution in [0, 0.1) is 0 Å². The molecule has 0 saturated heterocycles. The normalized spacial score (nSPS) is 11.9. The Bertz CT molecular complexity index is 652. The van der Waals surface area contributed by atoms with Crippen molar-refractivity contribution in [2.45, 2.75) is 13.0 Å². The first-order valence-corrected chi connectivity index (χ1v) is 6.11. The van der Waals surface area contributed by atoms with E-state index in [-0.39, 0.29) is 0 Å². The number of hydrogen-bond acceptors (Lipinski definition) is 3. The number of carbonyl (C=O) groups is 2. The Morgan fingerprint density at radius 3 is 2.70 bits per heavy atom. The van der Waals surface area contributed by atoms with Gasteiger partial charge < -0.3 is 15.3 Å². The zero-order chi connectivity index (χ0) is 14.7. The van der Waals surface area contributed by atoms with Crippen LogP contribution in [0.3, 0.4) is 0 Å². The molecule has 0 bridgehead atoms. The molecule has 1 atom stereocenters. The van der Waals surface area contributed by atoms with Gasteiger partial charge in [-0.05, 0) is 19.1 Å². The van der Waals surface area contributed by atoms with Gasteiger partial charge in [-0.1, -0.05) is 18.2 Å². The molecule has 104 valence electrons. The molecular weight excluding hydrogens is 258 g/mol. The van der Waals surface area contributed by atoms with Crippen LogP contribution in [0.25, 0.3) is 10.9 Å². The molecule has 0 aliphatic heterocycles. The van der Waals surface area contributed by atoms with Crippen LogP contribution < -0.4 is 5.32 Å². The van der Waals surface area contributed by atoms with Gasteiger partial charge in [-0.25, -0.2) is 9.59 Å². The Morgan fingerprint density at radius 2 is 2.00 bits per heavy atom. The lowest BCUT2D eigenvalue weighted by Gasteiger charge is -2.22. The number of anilines is 1. The standard InChI is InChI=1S/C14H15N3O3/c1-9(13(18)19)17(2)14(20)16-11-7-3-5-10-6-4-8-15-12(10)11/h3-9H,1-2H3,(H,16,20)(H,18,19). The quantitative estimate of drug-likeness (QED) is 0.897. The second-order valence-electron chi connectivity index (χ2n) is 4.44. The van der Waals surface area contributed by atoms with Gasteiger partial charge in [0.25, 0.3) is 0 Å². The van der Waals surface area contributed by atoms with Gasteiger partial charge in [-0.3, -0.25) is 4.98 Å². The zero-order valence-electron chi connectivity index (χ0n) is 11.2. The lowest BCUT2D eigenvalue weighted by molar-refractivity contribution is -0.141. The van der Waals surface area contributed by atoms with Crippen molar-refractivity contribution >= 4 is 28.6 Å². The molecule has 1 aromatic carbocycles. The number of hydrogen-bond donors (Lipinski definition) is 2. The summed E-state index contributed by atoms with van der Waals surface area (Å²) in [5, 5.41) is 12.5. The number of carboxylic acids is 1. The molecule has 2 amide bonds. The number of urea groups is 1. The van der Waals surface area contributed by atoms with Crippen molar-refractivity contribution in [2.24, 2.45) is 0 Å². The van der Waals surface area contributed by atoms with E-state index in [0.29, 0.717) is 11.2 Å². The van der Waals surface area contributed by atoms with Crippen molar-refractivity contribution in [1.82, 2.24) is 9.88 Å². The Hall–Kier alpha value is -2.63. The molecule has 0 saturated carbocycles. The van der Waals surface area contributed by atoms with Gasteiger partial charge in [0, 0.05) is 18.6 Å². The summed E-state index contributed by atoms with van der Waals surface area (Å²) in [5.74, 6) is -1.06. The predicted molar refractivity (Wildman–Crippen MR) is 75.6 cm³/mol. The fourth-order valence-electron chi connectivity index (χ4n) is 1.75. The molecule has 1 heterocycles. The van der Waals surface area contributed by atoms with Crippen molar-refractivity contribution in [1.29, 1.82) is 0 Å². The minimum atomic E-state index is -1.06. The summed E-state index contributed by atoms with van der Waals surface area (Å²) < 4.78 is 0. The highest BCUT2D eigenvalue weighted by atomic mass is 16.4. The minimum absolute atomic E-state index is 0.488. The van der Waals surface area contributed by atoms with Crippen molar-refractivity contribution < 1.29 is 14.7 Å². The number of benzene rings is 1. The Kier molecular flexibility index (Phi) is 3.84. The van der Waals surface area contributed by atoms with Crippen LogP contribution in [-0.4, -0.2) is 40.1 Å². The first-order chi connectivity index (χ1) is 9.50. The van der Waals surface area contributed by atoms with Gasteiger partial charge in [0.1, 0.15) is 6.04 Å². The van der Waals surface area contributed by atoms with Crippen molar-refractivity contribution in [2.75, 3.05) is 12.4 Å². The summed E-state index contributed by atoms with van der Waals surface area (Å²) in [4.78, 5) is 28.3. The number of carbonyl (C=O) groups excluding carboxylic acids is 1. The highest BCUT2D eigenvalue weighted by Crippen LogP contribution is 2.21. The number of nitrogens with zero attached hydrogens (tertiary/aromatic N) is 2. The summed E-state index contributed by atoms with van der Waals surface area (Å²) >= 11 is 0. The van der Waals surface area contributed by atoms with Gasteiger partial charge in [-0.15, -0.1) is 0 Å². The van der Waals surface area contributed by atoms with Crippen LogP contribution in [0.4, 0.5) is 10.5 Å². The number of fused-ring (bicyclic) bond motifs is 1. The maximum atomic E-state index is 12.0. The number of pyridine rings is 1. The molecule has 0 aliphatic carbocycles.